The molecule has 0 spiro atoms. The smallest absolute Gasteiger partial charge is 0.332 e. The first-order valence-corrected chi connectivity index (χ1v) is 13.2. The number of aromatic nitrogens is 2. The highest BCUT2D eigenvalue weighted by molar-refractivity contribution is 5.94. The van der Waals surface area contributed by atoms with E-state index in [4.69, 9.17) is 4.74 Å². The van der Waals surface area contributed by atoms with Crippen LogP contribution in [0, 0.1) is 20.8 Å². The number of nitrogens with one attached hydrogen (secondary N) is 2. The van der Waals surface area contributed by atoms with Gasteiger partial charge in [-0.25, -0.2) is 4.79 Å². The molecule has 0 saturated carbocycles. The van der Waals surface area contributed by atoms with Crippen LogP contribution >= 0.6 is 0 Å². The molecule has 208 valence electrons. The van der Waals surface area contributed by atoms with E-state index in [9.17, 15) is 19.2 Å². The number of methoxy groups -OCH3 is 1. The monoisotopic (exact) mass is 542 g/mol. The number of rotatable bonds is 10. The lowest BCUT2D eigenvalue weighted by Gasteiger charge is -2.16. The van der Waals surface area contributed by atoms with Gasteiger partial charge in [-0.3, -0.25) is 23.5 Å². The summed E-state index contributed by atoms with van der Waals surface area (Å²) in [6.45, 7) is 6.64. The number of hydrogen-bond acceptors (Lipinski definition) is 5. The number of benzene rings is 3. The average molecular weight is 543 g/mol. The molecule has 0 aliphatic heterocycles. The Bertz CT molecular complexity index is 1650. The Kier molecular flexibility index (Phi) is 8.96. The summed E-state index contributed by atoms with van der Waals surface area (Å²) in [4.78, 5) is 52.4. The quantitative estimate of drug-likeness (QED) is 0.298. The van der Waals surface area contributed by atoms with Crippen LogP contribution in [0.2, 0.25) is 0 Å². The second-order valence-corrected chi connectivity index (χ2v) is 9.90. The topological polar surface area (TPSA) is 111 Å². The van der Waals surface area contributed by atoms with Gasteiger partial charge in [0, 0.05) is 31.5 Å². The van der Waals surface area contributed by atoms with E-state index in [1.54, 1.807) is 55.6 Å². The molecule has 1 heterocycles. The standard InChI is InChI=1S/C31H34N4O5/c1-20-16-21(2)28(22(3)17-20)33-27(36)19-34-26-9-6-5-8-25(26)30(38)35(31(34)39)18-23-10-12-24(13-11-23)29(37)32-14-7-15-40-4/h5-6,8-13,16-17H,7,14-15,18-19H2,1-4H3,(H,32,37)(H,33,36). The third-order valence-electron chi connectivity index (χ3n) is 6.74. The molecule has 3 aromatic carbocycles. The summed E-state index contributed by atoms with van der Waals surface area (Å²) in [5, 5.41) is 6.10. The fourth-order valence-electron chi connectivity index (χ4n) is 4.83. The number of carbonyl (C=O) groups excluding carboxylic acids is 2. The minimum atomic E-state index is -0.587. The Balaban J connectivity index is 1.61. The summed E-state index contributed by atoms with van der Waals surface area (Å²) in [5.41, 5.74) is 4.18. The van der Waals surface area contributed by atoms with Crippen LogP contribution in [0.5, 0.6) is 0 Å². The van der Waals surface area contributed by atoms with Gasteiger partial charge < -0.3 is 15.4 Å². The Morgan fingerprint density at radius 2 is 1.57 bits per heavy atom. The number of aryl methyl sites for hydroxylation is 3. The van der Waals surface area contributed by atoms with Crippen LogP contribution in [0.4, 0.5) is 5.69 Å². The summed E-state index contributed by atoms with van der Waals surface area (Å²) < 4.78 is 7.44. The summed E-state index contributed by atoms with van der Waals surface area (Å²) in [6, 6.07) is 17.5. The van der Waals surface area contributed by atoms with E-state index >= 15 is 0 Å². The van der Waals surface area contributed by atoms with Crippen molar-refractivity contribution in [2.75, 3.05) is 25.6 Å². The molecule has 9 nitrogen and oxygen atoms in total. The van der Waals surface area contributed by atoms with Crippen LogP contribution in [0.3, 0.4) is 0 Å². The minimum Gasteiger partial charge on any atom is -0.385 e. The van der Waals surface area contributed by atoms with E-state index in [1.807, 2.05) is 32.9 Å². The SMILES string of the molecule is COCCCNC(=O)c1ccc(Cn2c(=O)c3ccccc3n(CC(=O)Nc3c(C)cc(C)cc3C)c2=O)cc1. The molecule has 0 saturated heterocycles. The van der Waals surface area contributed by atoms with Gasteiger partial charge in [0.1, 0.15) is 6.54 Å². The molecule has 40 heavy (non-hydrogen) atoms. The van der Waals surface area contributed by atoms with Crippen molar-refractivity contribution in [3.8, 4) is 0 Å². The van der Waals surface area contributed by atoms with Gasteiger partial charge in [-0.15, -0.1) is 0 Å². The lowest BCUT2D eigenvalue weighted by Crippen LogP contribution is -2.42. The van der Waals surface area contributed by atoms with Gasteiger partial charge in [-0.2, -0.15) is 0 Å². The fraction of sp³-hybridized carbons (Fsp3) is 0.290. The van der Waals surface area contributed by atoms with Crippen molar-refractivity contribution in [3.05, 3.63) is 109 Å². The van der Waals surface area contributed by atoms with E-state index in [2.05, 4.69) is 10.6 Å². The third kappa shape index (κ3) is 6.38. The van der Waals surface area contributed by atoms with E-state index in [0.29, 0.717) is 47.3 Å². The van der Waals surface area contributed by atoms with Gasteiger partial charge in [-0.1, -0.05) is 42.0 Å². The van der Waals surface area contributed by atoms with E-state index in [-0.39, 0.29) is 24.9 Å². The molecular formula is C31H34N4O5. The van der Waals surface area contributed by atoms with Crippen molar-refractivity contribution in [2.24, 2.45) is 0 Å². The van der Waals surface area contributed by atoms with Crippen LogP contribution in [0.15, 0.2) is 70.3 Å². The highest BCUT2D eigenvalue weighted by atomic mass is 16.5. The normalized spacial score (nSPS) is 11.0. The molecule has 0 aliphatic rings. The molecule has 0 unspecified atom stereocenters. The number of carbonyl (C=O) groups is 2. The van der Waals surface area contributed by atoms with Crippen LogP contribution in [-0.2, 0) is 22.6 Å². The highest BCUT2D eigenvalue weighted by Crippen LogP contribution is 2.22. The molecule has 0 aliphatic carbocycles. The van der Waals surface area contributed by atoms with E-state index < -0.39 is 11.2 Å². The Hall–Kier alpha value is -4.50. The molecule has 4 rings (SSSR count). The van der Waals surface area contributed by atoms with Gasteiger partial charge >= 0.3 is 5.69 Å². The second-order valence-electron chi connectivity index (χ2n) is 9.90. The van der Waals surface area contributed by atoms with E-state index in [0.717, 1.165) is 21.3 Å². The number of anilines is 1. The predicted octanol–water partition coefficient (Wildman–Crippen LogP) is 3.54. The van der Waals surface area contributed by atoms with Gasteiger partial charge in [0.05, 0.1) is 17.4 Å². The zero-order valence-corrected chi connectivity index (χ0v) is 23.2. The van der Waals surface area contributed by atoms with Crippen LogP contribution in [0.1, 0.15) is 39.0 Å². The molecule has 0 bridgehead atoms. The van der Waals surface area contributed by atoms with Gasteiger partial charge in [-0.05, 0) is 68.1 Å². The molecule has 0 radical (unpaired) electrons. The molecular weight excluding hydrogens is 508 g/mol. The molecule has 9 heteroatoms. The largest absolute Gasteiger partial charge is 0.385 e. The van der Waals surface area contributed by atoms with Crippen molar-refractivity contribution >= 4 is 28.4 Å². The van der Waals surface area contributed by atoms with Gasteiger partial charge in [0.2, 0.25) is 5.91 Å². The van der Waals surface area contributed by atoms with Crippen molar-refractivity contribution in [1.82, 2.24) is 14.5 Å². The molecule has 0 atom stereocenters. The third-order valence-corrected chi connectivity index (χ3v) is 6.74. The maximum Gasteiger partial charge on any atom is 0.332 e. The fourth-order valence-corrected chi connectivity index (χ4v) is 4.83. The number of ether oxygens (including phenoxy) is 1. The first-order chi connectivity index (χ1) is 19.2. The molecule has 2 N–H and O–H groups in total. The minimum absolute atomic E-state index is 0.00393. The Labute approximate surface area is 232 Å². The van der Waals surface area contributed by atoms with E-state index in [1.165, 1.54) is 4.57 Å². The summed E-state index contributed by atoms with van der Waals surface area (Å²) in [6.07, 6.45) is 0.708. The van der Waals surface area contributed by atoms with Crippen LogP contribution in [0.25, 0.3) is 10.9 Å². The van der Waals surface area contributed by atoms with Crippen molar-refractivity contribution in [1.29, 1.82) is 0 Å². The Morgan fingerprint density at radius 1 is 0.900 bits per heavy atom. The maximum atomic E-state index is 13.6. The predicted molar refractivity (Wildman–Crippen MR) is 156 cm³/mol. The number of fused-ring (bicyclic) bond motifs is 1. The summed E-state index contributed by atoms with van der Waals surface area (Å²) in [7, 11) is 1.61. The highest BCUT2D eigenvalue weighted by Gasteiger charge is 2.17. The van der Waals surface area contributed by atoms with Crippen molar-refractivity contribution in [3.63, 3.8) is 0 Å². The van der Waals surface area contributed by atoms with Crippen molar-refractivity contribution < 1.29 is 14.3 Å². The number of para-hydroxylation sites is 1. The number of nitrogens with zero attached hydrogens (tertiary/aromatic N) is 2. The zero-order chi connectivity index (χ0) is 28.8. The second kappa shape index (κ2) is 12.6. The molecule has 1 aromatic heterocycles. The number of hydrogen-bond donors (Lipinski definition) is 2. The van der Waals surface area contributed by atoms with Crippen molar-refractivity contribution in [2.45, 2.75) is 40.3 Å². The Morgan fingerprint density at radius 3 is 2.25 bits per heavy atom. The summed E-state index contributed by atoms with van der Waals surface area (Å²) >= 11 is 0. The lowest BCUT2D eigenvalue weighted by atomic mass is 10.1. The first kappa shape index (κ1) is 28.5. The average Bonchev–Trinajstić information content (AvgIpc) is 2.93. The zero-order valence-electron chi connectivity index (χ0n) is 23.2. The van der Waals surface area contributed by atoms with Gasteiger partial charge in [0.15, 0.2) is 0 Å². The lowest BCUT2D eigenvalue weighted by molar-refractivity contribution is -0.116. The van der Waals surface area contributed by atoms with Crippen LogP contribution < -0.4 is 21.9 Å². The molecule has 4 aromatic rings. The van der Waals surface area contributed by atoms with Crippen LogP contribution in [-0.4, -0.2) is 41.2 Å². The molecule has 0 fully saturated rings. The first-order valence-electron chi connectivity index (χ1n) is 13.2. The van der Waals surface area contributed by atoms with Gasteiger partial charge in [0.25, 0.3) is 11.5 Å². The number of amides is 2. The summed E-state index contributed by atoms with van der Waals surface area (Å²) in [5.74, 6) is -0.577. The maximum absolute atomic E-state index is 13.6. The molecule has 2 amide bonds.